The van der Waals surface area contributed by atoms with Gasteiger partial charge < -0.3 is 15.0 Å². The lowest BCUT2D eigenvalue weighted by molar-refractivity contribution is 0.0743. The van der Waals surface area contributed by atoms with Gasteiger partial charge in [-0.15, -0.1) is 24.8 Å². The molecule has 1 atom stereocenters. The number of ether oxygens (including phenoxy) is 1. The second kappa shape index (κ2) is 10.2. The van der Waals surface area contributed by atoms with Crippen LogP contribution in [0.25, 0.3) is 0 Å². The minimum absolute atomic E-state index is 0. The first kappa shape index (κ1) is 21.2. The van der Waals surface area contributed by atoms with Crippen molar-refractivity contribution in [2.24, 2.45) is 0 Å². The number of pyridine rings is 1. The van der Waals surface area contributed by atoms with E-state index in [2.05, 4.69) is 10.3 Å². The summed E-state index contributed by atoms with van der Waals surface area (Å²) in [5, 5.41) is 3.28. The Morgan fingerprint density at radius 2 is 2.16 bits per heavy atom. The molecule has 1 aromatic carbocycles. The molecule has 0 radical (unpaired) electrons. The van der Waals surface area contributed by atoms with Gasteiger partial charge in [0.2, 0.25) is 0 Å². The van der Waals surface area contributed by atoms with E-state index >= 15 is 0 Å². The highest BCUT2D eigenvalue weighted by molar-refractivity contribution is 5.94. The molecule has 1 fully saturated rings. The van der Waals surface area contributed by atoms with Gasteiger partial charge in [-0.1, -0.05) is 12.1 Å². The van der Waals surface area contributed by atoms with Crippen molar-refractivity contribution in [1.29, 1.82) is 0 Å². The molecule has 0 saturated carbocycles. The number of carbonyl (C=O) groups is 1. The Labute approximate surface area is 160 Å². The van der Waals surface area contributed by atoms with Gasteiger partial charge in [-0.05, 0) is 37.2 Å². The standard InChI is InChI=1S/C18H21N3O2.2ClH/c1-21(16-7-9-20-12-16)18(22)15-5-2-6-17(10-15)23-13-14-4-3-8-19-11-14;;/h2-6,8,10-11,16,20H,7,9,12-13H2,1H3;2*1H. The summed E-state index contributed by atoms with van der Waals surface area (Å²) in [6.07, 6.45) is 4.51. The van der Waals surface area contributed by atoms with Gasteiger partial charge in [0.05, 0.1) is 0 Å². The zero-order valence-corrected chi connectivity index (χ0v) is 15.7. The summed E-state index contributed by atoms with van der Waals surface area (Å²) in [4.78, 5) is 18.5. The second-order valence-corrected chi connectivity index (χ2v) is 5.74. The van der Waals surface area contributed by atoms with E-state index in [-0.39, 0.29) is 36.8 Å². The Hall–Kier alpha value is -1.82. The van der Waals surface area contributed by atoms with Crippen LogP contribution in [-0.4, -0.2) is 42.0 Å². The largest absolute Gasteiger partial charge is 0.489 e. The molecule has 2 heterocycles. The van der Waals surface area contributed by atoms with Crippen molar-refractivity contribution in [3.8, 4) is 5.75 Å². The summed E-state index contributed by atoms with van der Waals surface area (Å²) in [7, 11) is 1.86. The van der Waals surface area contributed by atoms with Crippen LogP contribution in [0.5, 0.6) is 5.75 Å². The highest BCUT2D eigenvalue weighted by atomic mass is 35.5. The lowest BCUT2D eigenvalue weighted by atomic mass is 10.1. The zero-order chi connectivity index (χ0) is 16.1. The molecule has 2 aromatic rings. The number of nitrogens with one attached hydrogen (secondary N) is 1. The predicted molar refractivity (Wildman–Crippen MR) is 103 cm³/mol. The van der Waals surface area contributed by atoms with Gasteiger partial charge >= 0.3 is 0 Å². The van der Waals surface area contributed by atoms with Crippen molar-refractivity contribution in [1.82, 2.24) is 15.2 Å². The first-order chi connectivity index (χ1) is 11.2. The predicted octanol–water partition coefficient (Wildman–Crippen LogP) is 2.94. The summed E-state index contributed by atoms with van der Waals surface area (Å²) < 4.78 is 5.77. The number of rotatable bonds is 5. The fourth-order valence-corrected chi connectivity index (χ4v) is 2.71. The average Bonchev–Trinajstić information content (AvgIpc) is 3.14. The molecule has 3 rings (SSSR count). The summed E-state index contributed by atoms with van der Waals surface area (Å²) in [5.41, 5.74) is 1.65. The minimum atomic E-state index is 0. The van der Waals surface area contributed by atoms with Gasteiger partial charge in [0, 0.05) is 43.2 Å². The van der Waals surface area contributed by atoms with Crippen LogP contribution >= 0.6 is 24.8 Å². The number of halogens is 2. The van der Waals surface area contributed by atoms with E-state index in [9.17, 15) is 4.79 Å². The van der Waals surface area contributed by atoms with Gasteiger partial charge in [-0.25, -0.2) is 0 Å². The third-order valence-corrected chi connectivity index (χ3v) is 4.11. The average molecular weight is 384 g/mol. The van der Waals surface area contributed by atoms with Crippen molar-refractivity contribution in [3.63, 3.8) is 0 Å². The lowest BCUT2D eigenvalue weighted by Crippen LogP contribution is -2.38. The molecule has 0 aliphatic carbocycles. The van der Waals surface area contributed by atoms with Gasteiger partial charge in [-0.2, -0.15) is 0 Å². The number of aromatic nitrogens is 1. The number of hydrogen-bond acceptors (Lipinski definition) is 4. The number of likely N-dealkylation sites (N-methyl/N-ethyl adjacent to an activating group) is 1. The van der Waals surface area contributed by atoms with E-state index in [1.54, 1.807) is 18.5 Å². The minimum Gasteiger partial charge on any atom is -0.489 e. The SMILES string of the molecule is CN(C(=O)c1cccc(OCc2cccnc2)c1)C1CCNC1.Cl.Cl. The van der Waals surface area contributed by atoms with Crippen LogP contribution in [0.2, 0.25) is 0 Å². The number of amides is 1. The molecular weight excluding hydrogens is 361 g/mol. The van der Waals surface area contributed by atoms with Crippen molar-refractivity contribution in [2.45, 2.75) is 19.1 Å². The summed E-state index contributed by atoms with van der Waals surface area (Å²) in [6, 6.07) is 11.5. The zero-order valence-electron chi connectivity index (χ0n) is 14.1. The molecule has 136 valence electrons. The highest BCUT2D eigenvalue weighted by Gasteiger charge is 2.24. The van der Waals surface area contributed by atoms with E-state index in [1.807, 2.05) is 42.3 Å². The summed E-state index contributed by atoms with van der Waals surface area (Å²) >= 11 is 0. The Morgan fingerprint density at radius 1 is 1.32 bits per heavy atom. The molecular formula is C18H23Cl2N3O2. The van der Waals surface area contributed by atoms with Crippen LogP contribution in [0.15, 0.2) is 48.8 Å². The molecule has 1 aliphatic rings. The van der Waals surface area contributed by atoms with Crippen LogP contribution in [0.4, 0.5) is 0 Å². The lowest BCUT2D eigenvalue weighted by Gasteiger charge is -2.24. The first-order valence-corrected chi connectivity index (χ1v) is 7.83. The number of benzene rings is 1. The fraction of sp³-hybridized carbons (Fsp3) is 0.333. The summed E-state index contributed by atoms with van der Waals surface area (Å²) in [5.74, 6) is 0.725. The number of carbonyl (C=O) groups excluding carboxylic acids is 1. The third kappa shape index (κ3) is 5.59. The maximum atomic E-state index is 12.6. The van der Waals surface area contributed by atoms with Crippen molar-refractivity contribution in [2.75, 3.05) is 20.1 Å². The summed E-state index contributed by atoms with van der Waals surface area (Å²) in [6.45, 7) is 2.27. The van der Waals surface area contributed by atoms with E-state index in [0.29, 0.717) is 17.9 Å². The molecule has 1 aromatic heterocycles. The van der Waals surface area contributed by atoms with Crippen LogP contribution in [-0.2, 0) is 6.61 Å². The molecule has 1 N–H and O–H groups in total. The van der Waals surface area contributed by atoms with Gasteiger partial charge in [0.1, 0.15) is 12.4 Å². The second-order valence-electron chi connectivity index (χ2n) is 5.74. The highest BCUT2D eigenvalue weighted by Crippen LogP contribution is 2.18. The van der Waals surface area contributed by atoms with E-state index in [0.717, 1.165) is 25.1 Å². The van der Waals surface area contributed by atoms with Crippen molar-refractivity contribution >= 4 is 30.7 Å². The molecule has 1 aliphatic heterocycles. The molecule has 1 unspecified atom stereocenters. The van der Waals surface area contributed by atoms with E-state index in [4.69, 9.17) is 4.74 Å². The quantitative estimate of drug-likeness (QED) is 0.861. The Balaban J connectivity index is 0.00000156. The number of hydrogen-bond donors (Lipinski definition) is 1. The van der Waals surface area contributed by atoms with Gasteiger partial charge in [-0.3, -0.25) is 9.78 Å². The third-order valence-electron chi connectivity index (χ3n) is 4.11. The Morgan fingerprint density at radius 3 is 2.84 bits per heavy atom. The van der Waals surface area contributed by atoms with Crippen LogP contribution in [0.1, 0.15) is 22.3 Å². The van der Waals surface area contributed by atoms with Crippen molar-refractivity contribution < 1.29 is 9.53 Å². The monoisotopic (exact) mass is 383 g/mol. The van der Waals surface area contributed by atoms with Crippen LogP contribution in [0, 0.1) is 0 Å². The smallest absolute Gasteiger partial charge is 0.254 e. The molecule has 7 heteroatoms. The molecule has 25 heavy (non-hydrogen) atoms. The molecule has 0 bridgehead atoms. The normalized spacial score (nSPS) is 15.6. The molecule has 1 amide bonds. The first-order valence-electron chi connectivity index (χ1n) is 7.83. The van der Waals surface area contributed by atoms with Crippen molar-refractivity contribution in [3.05, 3.63) is 59.9 Å². The number of nitrogens with zero attached hydrogens (tertiary/aromatic N) is 2. The molecule has 5 nitrogen and oxygen atoms in total. The maximum Gasteiger partial charge on any atom is 0.254 e. The Bertz CT molecular complexity index is 664. The molecule has 1 saturated heterocycles. The van der Waals surface area contributed by atoms with Gasteiger partial charge in [0.15, 0.2) is 0 Å². The van der Waals surface area contributed by atoms with Crippen LogP contribution in [0.3, 0.4) is 0 Å². The Kier molecular flexibility index (Phi) is 8.69. The maximum absolute atomic E-state index is 12.6. The topological polar surface area (TPSA) is 54.5 Å². The van der Waals surface area contributed by atoms with Gasteiger partial charge in [0.25, 0.3) is 5.91 Å². The fourth-order valence-electron chi connectivity index (χ4n) is 2.71. The van der Waals surface area contributed by atoms with E-state index in [1.165, 1.54) is 0 Å². The molecule has 0 spiro atoms. The van der Waals surface area contributed by atoms with E-state index < -0.39 is 0 Å². The van der Waals surface area contributed by atoms with Crippen LogP contribution < -0.4 is 10.1 Å².